The van der Waals surface area contributed by atoms with E-state index in [1.807, 2.05) is 6.92 Å². The van der Waals surface area contributed by atoms with Crippen molar-refractivity contribution in [2.45, 2.75) is 37.4 Å². The van der Waals surface area contributed by atoms with E-state index in [0.717, 1.165) is 0 Å². The maximum Gasteiger partial charge on any atom is 0.387 e. The number of halogens is 2. The molecular weight excluding hydrogens is 430 g/mol. The summed E-state index contributed by atoms with van der Waals surface area (Å²) in [6.45, 7) is 0.702. The molecule has 10 heteroatoms. The predicted molar refractivity (Wildman–Crippen MR) is 110 cm³/mol. The van der Waals surface area contributed by atoms with Crippen LogP contribution in [0.4, 0.5) is 20.2 Å². The molecule has 2 aliphatic heterocycles. The SMILES string of the molecule is CC1(NC(=O)c2ccc3c(c2)[C@@](C)(O)C(=O)N3c2cccc(OC(F)F)c2)CCOS1. The highest BCUT2D eigenvalue weighted by molar-refractivity contribution is 7.96. The Labute approximate surface area is 181 Å². The average molecular weight is 450 g/mol. The molecule has 2 heterocycles. The van der Waals surface area contributed by atoms with E-state index in [1.54, 1.807) is 18.2 Å². The molecule has 2 aromatic rings. The van der Waals surface area contributed by atoms with Gasteiger partial charge in [0.1, 0.15) is 10.6 Å². The molecule has 2 aliphatic rings. The summed E-state index contributed by atoms with van der Waals surface area (Å²) in [5.41, 5.74) is -0.778. The predicted octanol–water partition coefficient (Wildman–Crippen LogP) is 3.69. The van der Waals surface area contributed by atoms with E-state index in [1.165, 1.54) is 48.1 Å². The number of aliphatic hydroxyl groups is 1. The van der Waals surface area contributed by atoms with Crippen molar-refractivity contribution in [1.29, 1.82) is 0 Å². The Morgan fingerprint density at radius 3 is 2.74 bits per heavy atom. The van der Waals surface area contributed by atoms with Crippen molar-refractivity contribution in [3.8, 4) is 5.75 Å². The number of benzene rings is 2. The smallest absolute Gasteiger partial charge is 0.387 e. The molecule has 0 aliphatic carbocycles. The molecule has 1 unspecified atom stereocenters. The Kier molecular flexibility index (Phi) is 5.40. The minimum absolute atomic E-state index is 0.117. The maximum absolute atomic E-state index is 13.0. The number of hydrogen-bond acceptors (Lipinski definition) is 6. The van der Waals surface area contributed by atoms with Crippen LogP contribution >= 0.6 is 12.0 Å². The molecule has 0 spiro atoms. The molecule has 31 heavy (non-hydrogen) atoms. The number of hydrogen-bond donors (Lipinski definition) is 2. The number of carbonyl (C=O) groups is 2. The normalized spacial score (nSPS) is 25.1. The first kappa shape index (κ1) is 21.5. The third-order valence-electron chi connectivity index (χ3n) is 5.23. The van der Waals surface area contributed by atoms with E-state index in [4.69, 9.17) is 4.18 Å². The third-order valence-corrected chi connectivity index (χ3v) is 6.19. The van der Waals surface area contributed by atoms with Gasteiger partial charge in [-0.05, 0) is 44.2 Å². The first-order valence-corrected chi connectivity index (χ1v) is 10.2. The topological polar surface area (TPSA) is 88.1 Å². The molecule has 0 saturated carbocycles. The van der Waals surface area contributed by atoms with Crippen molar-refractivity contribution in [3.05, 3.63) is 53.6 Å². The number of nitrogens with one attached hydrogen (secondary N) is 1. The molecule has 0 bridgehead atoms. The van der Waals surface area contributed by atoms with Gasteiger partial charge in [-0.2, -0.15) is 8.78 Å². The Balaban J connectivity index is 1.68. The molecule has 1 fully saturated rings. The molecule has 2 aromatic carbocycles. The number of anilines is 2. The monoisotopic (exact) mass is 450 g/mol. The highest BCUT2D eigenvalue weighted by Crippen LogP contribution is 2.45. The van der Waals surface area contributed by atoms with Crippen molar-refractivity contribution >= 4 is 35.2 Å². The van der Waals surface area contributed by atoms with Crippen molar-refractivity contribution < 1.29 is 32.4 Å². The molecule has 0 aromatic heterocycles. The lowest BCUT2D eigenvalue weighted by Gasteiger charge is -2.22. The molecule has 0 radical (unpaired) electrons. The fourth-order valence-electron chi connectivity index (χ4n) is 3.61. The van der Waals surface area contributed by atoms with Gasteiger partial charge in [0.05, 0.1) is 18.0 Å². The Morgan fingerprint density at radius 2 is 2.06 bits per heavy atom. The molecular formula is C21H20F2N2O5S. The van der Waals surface area contributed by atoms with Gasteiger partial charge in [-0.25, -0.2) is 0 Å². The van der Waals surface area contributed by atoms with Crippen LogP contribution in [-0.2, 0) is 14.6 Å². The van der Waals surface area contributed by atoms with E-state index in [2.05, 4.69) is 10.1 Å². The minimum atomic E-state index is -3.01. The maximum atomic E-state index is 13.0. The lowest BCUT2D eigenvalue weighted by molar-refractivity contribution is -0.133. The van der Waals surface area contributed by atoms with Gasteiger partial charge in [-0.1, -0.05) is 6.07 Å². The summed E-state index contributed by atoms with van der Waals surface area (Å²) in [6, 6.07) is 10.2. The van der Waals surface area contributed by atoms with Gasteiger partial charge in [0.2, 0.25) is 0 Å². The van der Waals surface area contributed by atoms with Crippen molar-refractivity contribution in [2.75, 3.05) is 11.5 Å². The highest BCUT2D eigenvalue weighted by atomic mass is 32.2. The van der Waals surface area contributed by atoms with E-state index >= 15 is 0 Å². The van der Waals surface area contributed by atoms with E-state index in [9.17, 15) is 23.5 Å². The van der Waals surface area contributed by atoms with Crippen molar-refractivity contribution in [3.63, 3.8) is 0 Å². The van der Waals surface area contributed by atoms with E-state index in [-0.39, 0.29) is 28.5 Å². The van der Waals surface area contributed by atoms with Crippen molar-refractivity contribution in [1.82, 2.24) is 5.32 Å². The van der Waals surface area contributed by atoms with Gasteiger partial charge in [0.15, 0.2) is 5.60 Å². The largest absolute Gasteiger partial charge is 0.435 e. The molecule has 2 atom stereocenters. The summed E-state index contributed by atoms with van der Waals surface area (Å²) in [5, 5.41) is 13.8. The Morgan fingerprint density at radius 1 is 1.29 bits per heavy atom. The lowest BCUT2D eigenvalue weighted by Crippen LogP contribution is -2.41. The highest BCUT2D eigenvalue weighted by Gasteiger charge is 2.47. The Bertz CT molecular complexity index is 1040. The van der Waals surface area contributed by atoms with E-state index in [0.29, 0.717) is 18.7 Å². The van der Waals surface area contributed by atoms with Crippen LogP contribution in [0.2, 0.25) is 0 Å². The van der Waals surface area contributed by atoms with Crippen LogP contribution in [0.25, 0.3) is 0 Å². The Hall–Kier alpha value is -2.69. The van der Waals surface area contributed by atoms with Gasteiger partial charge in [-0.15, -0.1) is 0 Å². The van der Waals surface area contributed by atoms with Gasteiger partial charge in [0, 0.05) is 35.7 Å². The van der Waals surface area contributed by atoms with Gasteiger partial charge in [-0.3, -0.25) is 14.5 Å². The number of nitrogens with zero attached hydrogens (tertiary/aromatic N) is 1. The number of rotatable bonds is 5. The number of ether oxygens (including phenoxy) is 1. The van der Waals surface area contributed by atoms with Gasteiger partial charge >= 0.3 is 6.61 Å². The summed E-state index contributed by atoms with van der Waals surface area (Å²) in [4.78, 5) is 26.4. The minimum Gasteiger partial charge on any atom is -0.435 e. The standard InChI is InChI=1S/C21H20F2N2O5S/c1-20(8-9-29-31-20)24-17(26)12-6-7-16-15(10-12)21(2,28)18(27)25(16)13-4-3-5-14(11-13)30-19(22)23/h3-7,10-11,19,28H,8-9H2,1-2H3,(H,24,26)/t20?,21-/m1/s1. The summed E-state index contributed by atoms with van der Waals surface area (Å²) in [5.74, 6) is -1.15. The van der Waals surface area contributed by atoms with Crippen LogP contribution in [0, 0.1) is 0 Å². The summed E-state index contributed by atoms with van der Waals surface area (Å²) >= 11 is 1.19. The molecule has 164 valence electrons. The van der Waals surface area contributed by atoms with Crippen LogP contribution in [0.1, 0.15) is 36.2 Å². The number of alkyl halides is 2. The van der Waals surface area contributed by atoms with Crippen LogP contribution in [-0.4, -0.2) is 35.0 Å². The van der Waals surface area contributed by atoms with Gasteiger partial charge < -0.3 is 19.3 Å². The van der Waals surface area contributed by atoms with E-state index < -0.39 is 23.0 Å². The lowest BCUT2D eigenvalue weighted by atomic mass is 9.96. The molecule has 2 amide bonds. The number of amides is 2. The zero-order chi connectivity index (χ0) is 22.4. The molecule has 2 N–H and O–H groups in total. The first-order valence-electron chi connectivity index (χ1n) is 9.50. The van der Waals surface area contributed by atoms with Crippen LogP contribution < -0.4 is 15.0 Å². The van der Waals surface area contributed by atoms with Crippen LogP contribution in [0.3, 0.4) is 0 Å². The second kappa shape index (κ2) is 7.77. The number of carbonyl (C=O) groups excluding carboxylic acids is 2. The fraction of sp³-hybridized carbons (Fsp3) is 0.333. The number of fused-ring (bicyclic) bond motifs is 1. The van der Waals surface area contributed by atoms with Crippen LogP contribution in [0.15, 0.2) is 42.5 Å². The zero-order valence-corrected chi connectivity index (χ0v) is 17.5. The third kappa shape index (κ3) is 3.98. The zero-order valence-electron chi connectivity index (χ0n) is 16.7. The molecule has 1 saturated heterocycles. The molecule has 7 nitrogen and oxygen atoms in total. The first-order chi connectivity index (χ1) is 14.6. The second-order valence-electron chi connectivity index (χ2n) is 7.66. The fourth-order valence-corrected chi connectivity index (χ4v) is 4.33. The van der Waals surface area contributed by atoms with Crippen LogP contribution in [0.5, 0.6) is 5.75 Å². The van der Waals surface area contributed by atoms with Gasteiger partial charge in [0.25, 0.3) is 11.8 Å². The molecule has 4 rings (SSSR count). The summed E-state index contributed by atoms with van der Waals surface area (Å²) < 4.78 is 34.8. The quantitative estimate of drug-likeness (QED) is 0.676. The summed E-state index contributed by atoms with van der Waals surface area (Å²) in [7, 11) is 0. The average Bonchev–Trinajstić information content (AvgIpc) is 3.21. The summed E-state index contributed by atoms with van der Waals surface area (Å²) in [6.07, 6.45) is 0.648. The van der Waals surface area contributed by atoms with Crippen molar-refractivity contribution in [2.24, 2.45) is 0 Å². The second-order valence-corrected chi connectivity index (χ2v) is 8.96.